The standard InChI is InChI=1S/C14H23N3/c1-2-4-10-17(9-3-1)11-8-16-13-14-6-5-7-15-12-14/h5-7,12,16H,1-4,8-11,13H2. The summed E-state index contributed by atoms with van der Waals surface area (Å²) < 4.78 is 0. The van der Waals surface area contributed by atoms with Crippen LogP contribution in [0.25, 0.3) is 0 Å². The van der Waals surface area contributed by atoms with Crippen molar-refractivity contribution in [2.24, 2.45) is 0 Å². The van der Waals surface area contributed by atoms with Crippen LogP contribution in [0.1, 0.15) is 31.2 Å². The number of hydrogen-bond acceptors (Lipinski definition) is 3. The van der Waals surface area contributed by atoms with Crippen LogP contribution in [0.5, 0.6) is 0 Å². The molecule has 2 heterocycles. The summed E-state index contributed by atoms with van der Waals surface area (Å²) in [6.07, 6.45) is 9.34. The summed E-state index contributed by atoms with van der Waals surface area (Å²) in [6, 6.07) is 4.11. The number of rotatable bonds is 5. The molecule has 1 N–H and O–H groups in total. The molecular formula is C14H23N3. The van der Waals surface area contributed by atoms with E-state index in [1.165, 1.54) is 50.9 Å². The van der Waals surface area contributed by atoms with Gasteiger partial charge in [0.2, 0.25) is 0 Å². The van der Waals surface area contributed by atoms with Crippen molar-refractivity contribution in [3.63, 3.8) is 0 Å². The molecule has 0 aromatic carbocycles. The normalized spacial score (nSPS) is 17.9. The molecule has 1 aromatic rings. The van der Waals surface area contributed by atoms with Gasteiger partial charge in [-0.05, 0) is 37.6 Å². The van der Waals surface area contributed by atoms with Gasteiger partial charge in [0, 0.05) is 32.0 Å². The zero-order chi connectivity index (χ0) is 11.8. The lowest BCUT2D eigenvalue weighted by atomic mass is 10.2. The predicted molar refractivity (Wildman–Crippen MR) is 70.9 cm³/mol. The second kappa shape index (κ2) is 7.41. The topological polar surface area (TPSA) is 28.2 Å². The van der Waals surface area contributed by atoms with Crippen molar-refractivity contribution in [1.82, 2.24) is 15.2 Å². The van der Waals surface area contributed by atoms with E-state index in [2.05, 4.69) is 21.3 Å². The van der Waals surface area contributed by atoms with Gasteiger partial charge in [-0.2, -0.15) is 0 Å². The molecule has 3 nitrogen and oxygen atoms in total. The van der Waals surface area contributed by atoms with Crippen molar-refractivity contribution in [3.05, 3.63) is 30.1 Å². The van der Waals surface area contributed by atoms with E-state index in [-0.39, 0.29) is 0 Å². The van der Waals surface area contributed by atoms with Gasteiger partial charge in [-0.1, -0.05) is 18.9 Å². The van der Waals surface area contributed by atoms with Crippen LogP contribution in [-0.4, -0.2) is 36.1 Å². The number of nitrogens with zero attached hydrogens (tertiary/aromatic N) is 2. The second-order valence-electron chi connectivity index (χ2n) is 4.79. The van der Waals surface area contributed by atoms with E-state index < -0.39 is 0 Å². The summed E-state index contributed by atoms with van der Waals surface area (Å²) in [6.45, 7) is 5.76. The highest BCUT2D eigenvalue weighted by Gasteiger charge is 2.07. The molecule has 0 aliphatic carbocycles. The Morgan fingerprint density at radius 2 is 2.00 bits per heavy atom. The Morgan fingerprint density at radius 3 is 2.71 bits per heavy atom. The van der Waals surface area contributed by atoms with Crippen LogP contribution in [0.4, 0.5) is 0 Å². The lowest BCUT2D eigenvalue weighted by molar-refractivity contribution is 0.284. The Kier molecular flexibility index (Phi) is 5.46. The van der Waals surface area contributed by atoms with Gasteiger partial charge in [0.25, 0.3) is 0 Å². The molecule has 0 unspecified atom stereocenters. The first kappa shape index (κ1) is 12.5. The number of pyridine rings is 1. The van der Waals surface area contributed by atoms with Crippen LogP contribution in [0, 0.1) is 0 Å². The highest BCUT2D eigenvalue weighted by atomic mass is 15.1. The van der Waals surface area contributed by atoms with Gasteiger partial charge in [-0.3, -0.25) is 4.98 Å². The molecule has 0 spiro atoms. The minimum atomic E-state index is 0.932. The van der Waals surface area contributed by atoms with E-state index in [1.54, 1.807) is 0 Å². The lowest BCUT2D eigenvalue weighted by Gasteiger charge is -2.19. The molecular weight excluding hydrogens is 210 g/mol. The van der Waals surface area contributed by atoms with Gasteiger partial charge in [0.15, 0.2) is 0 Å². The van der Waals surface area contributed by atoms with E-state index in [4.69, 9.17) is 0 Å². The maximum atomic E-state index is 4.12. The number of hydrogen-bond donors (Lipinski definition) is 1. The van der Waals surface area contributed by atoms with Crippen molar-refractivity contribution >= 4 is 0 Å². The molecule has 1 fully saturated rings. The van der Waals surface area contributed by atoms with Gasteiger partial charge < -0.3 is 10.2 Å². The summed E-state index contributed by atoms with van der Waals surface area (Å²) in [5.74, 6) is 0. The largest absolute Gasteiger partial charge is 0.311 e. The summed E-state index contributed by atoms with van der Waals surface area (Å²) in [5.41, 5.74) is 1.27. The summed E-state index contributed by atoms with van der Waals surface area (Å²) in [5, 5.41) is 3.49. The highest BCUT2D eigenvalue weighted by molar-refractivity contribution is 5.07. The van der Waals surface area contributed by atoms with E-state index >= 15 is 0 Å². The third-order valence-electron chi connectivity index (χ3n) is 3.36. The minimum absolute atomic E-state index is 0.932. The zero-order valence-electron chi connectivity index (χ0n) is 10.6. The third kappa shape index (κ3) is 4.84. The Hall–Kier alpha value is -0.930. The first-order chi connectivity index (χ1) is 8.45. The number of aromatic nitrogens is 1. The number of nitrogens with one attached hydrogen (secondary N) is 1. The molecule has 0 atom stereocenters. The Labute approximate surface area is 104 Å². The number of likely N-dealkylation sites (tertiary alicyclic amines) is 1. The molecule has 17 heavy (non-hydrogen) atoms. The summed E-state index contributed by atoms with van der Waals surface area (Å²) >= 11 is 0. The molecule has 1 saturated heterocycles. The highest BCUT2D eigenvalue weighted by Crippen LogP contribution is 2.08. The average molecular weight is 233 g/mol. The van der Waals surface area contributed by atoms with E-state index in [0.29, 0.717) is 0 Å². The van der Waals surface area contributed by atoms with Crippen LogP contribution < -0.4 is 5.32 Å². The molecule has 0 bridgehead atoms. The minimum Gasteiger partial charge on any atom is -0.311 e. The SMILES string of the molecule is c1cncc(CNCCN2CCCCCC2)c1. The Bertz CT molecular complexity index is 292. The molecule has 1 aromatic heterocycles. The third-order valence-corrected chi connectivity index (χ3v) is 3.36. The Morgan fingerprint density at radius 1 is 1.18 bits per heavy atom. The second-order valence-corrected chi connectivity index (χ2v) is 4.79. The van der Waals surface area contributed by atoms with Crippen LogP contribution >= 0.6 is 0 Å². The van der Waals surface area contributed by atoms with Crippen molar-refractivity contribution < 1.29 is 0 Å². The first-order valence-corrected chi connectivity index (χ1v) is 6.77. The maximum absolute atomic E-state index is 4.12. The summed E-state index contributed by atoms with van der Waals surface area (Å²) in [7, 11) is 0. The summed E-state index contributed by atoms with van der Waals surface area (Å²) in [4.78, 5) is 6.70. The van der Waals surface area contributed by atoms with Gasteiger partial charge in [0.05, 0.1) is 0 Å². The molecule has 94 valence electrons. The molecule has 3 heteroatoms. The first-order valence-electron chi connectivity index (χ1n) is 6.77. The van der Waals surface area contributed by atoms with Gasteiger partial charge in [0.1, 0.15) is 0 Å². The molecule has 1 aliphatic rings. The quantitative estimate of drug-likeness (QED) is 0.789. The van der Waals surface area contributed by atoms with Crippen molar-refractivity contribution in [3.8, 4) is 0 Å². The molecule has 1 aliphatic heterocycles. The van der Waals surface area contributed by atoms with Crippen molar-refractivity contribution in [1.29, 1.82) is 0 Å². The van der Waals surface area contributed by atoms with Gasteiger partial charge in [-0.15, -0.1) is 0 Å². The van der Waals surface area contributed by atoms with E-state index in [0.717, 1.165) is 13.1 Å². The zero-order valence-corrected chi connectivity index (χ0v) is 10.6. The monoisotopic (exact) mass is 233 g/mol. The average Bonchev–Trinajstić information content (AvgIpc) is 2.65. The maximum Gasteiger partial charge on any atom is 0.0312 e. The predicted octanol–water partition coefficient (Wildman–Crippen LogP) is 2.05. The molecule has 2 rings (SSSR count). The van der Waals surface area contributed by atoms with E-state index in [1.807, 2.05) is 18.5 Å². The Balaban J connectivity index is 1.59. The smallest absolute Gasteiger partial charge is 0.0312 e. The van der Waals surface area contributed by atoms with E-state index in [9.17, 15) is 0 Å². The fraction of sp³-hybridized carbons (Fsp3) is 0.643. The van der Waals surface area contributed by atoms with Gasteiger partial charge in [-0.25, -0.2) is 0 Å². The van der Waals surface area contributed by atoms with Gasteiger partial charge >= 0.3 is 0 Å². The van der Waals surface area contributed by atoms with Crippen LogP contribution in [0.2, 0.25) is 0 Å². The fourth-order valence-corrected chi connectivity index (χ4v) is 2.33. The lowest BCUT2D eigenvalue weighted by Crippen LogP contribution is -2.32. The van der Waals surface area contributed by atoms with Crippen molar-refractivity contribution in [2.75, 3.05) is 26.2 Å². The molecule has 0 saturated carbocycles. The fourth-order valence-electron chi connectivity index (χ4n) is 2.33. The molecule has 0 amide bonds. The van der Waals surface area contributed by atoms with Crippen molar-refractivity contribution in [2.45, 2.75) is 32.2 Å². The van der Waals surface area contributed by atoms with Crippen LogP contribution in [-0.2, 0) is 6.54 Å². The van der Waals surface area contributed by atoms with Crippen LogP contribution in [0.3, 0.4) is 0 Å². The molecule has 0 radical (unpaired) electrons. The van der Waals surface area contributed by atoms with Crippen LogP contribution in [0.15, 0.2) is 24.5 Å².